The van der Waals surface area contributed by atoms with E-state index in [0.29, 0.717) is 10.1 Å². The zero-order valence-corrected chi connectivity index (χ0v) is 13.6. The molecule has 0 aromatic carbocycles. The topological polar surface area (TPSA) is 66.4 Å². The van der Waals surface area contributed by atoms with Crippen molar-refractivity contribution < 1.29 is 13.5 Å². The lowest BCUT2D eigenvalue weighted by atomic mass is 10.1. The summed E-state index contributed by atoms with van der Waals surface area (Å²) in [7, 11) is -3.60. The Morgan fingerprint density at radius 1 is 1.61 bits per heavy atom. The third kappa shape index (κ3) is 4.40. The summed E-state index contributed by atoms with van der Waals surface area (Å²) in [5, 5.41) is 9.91. The molecule has 0 aliphatic rings. The number of aryl methyl sites for hydroxylation is 1. The van der Waals surface area contributed by atoms with Gasteiger partial charge in [-0.1, -0.05) is 11.6 Å². The average molecular weight is 330 g/mol. The lowest BCUT2D eigenvalue weighted by Gasteiger charge is -2.22. The van der Waals surface area contributed by atoms with Crippen molar-refractivity contribution in [2.45, 2.75) is 23.7 Å². The third-order valence-corrected chi connectivity index (χ3v) is 6.54. The summed E-state index contributed by atoms with van der Waals surface area (Å²) in [6, 6.07) is 1.53. The highest BCUT2D eigenvalue weighted by Crippen LogP contribution is 2.30. The van der Waals surface area contributed by atoms with Crippen molar-refractivity contribution in [2.75, 3.05) is 18.6 Å². The van der Waals surface area contributed by atoms with Crippen molar-refractivity contribution in [3.8, 4) is 0 Å². The molecule has 0 amide bonds. The number of nitrogens with one attached hydrogen (secondary N) is 1. The summed E-state index contributed by atoms with van der Waals surface area (Å²) in [6.07, 6.45) is 1.85. The standard InChI is InChI=1S/C10H16ClNO3S3/c1-7-4-8(17-9(7)11)18(14,15)12-5-10(2,13)6-16-3/h4,12-13H,5-6H2,1-3H3. The number of thiophene rings is 1. The van der Waals surface area contributed by atoms with Gasteiger partial charge in [0.1, 0.15) is 4.21 Å². The van der Waals surface area contributed by atoms with Gasteiger partial charge in [-0.15, -0.1) is 11.3 Å². The zero-order valence-electron chi connectivity index (χ0n) is 10.4. The van der Waals surface area contributed by atoms with Gasteiger partial charge in [0, 0.05) is 12.3 Å². The van der Waals surface area contributed by atoms with E-state index in [1.807, 2.05) is 6.26 Å². The highest BCUT2D eigenvalue weighted by atomic mass is 35.5. The Balaban J connectivity index is 2.77. The summed E-state index contributed by atoms with van der Waals surface area (Å²) in [5.74, 6) is 0.458. The molecule has 4 nitrogen and oxygen atoms in total. The molecule has 1 unspecified atom stereocenters. The number of hydrogen-bond donors (Lipinski definition) is 2. The minimum atomic E-state index is -3.60. The monoisotopic (exact) mass is 329 g/mol. The summed E-state index contributed by atoms with van der Waals surface area (Å²) >= 11 is 8.32. The van der Waals surface area contributed by atoms with Crippen molar-refractivity contribution in [1.29, 1.82) is 0 Å². The number of halogens is 1. The van der Waals surface area contributed by atoms with E-state index in [-0.39, 0.29) is 10.8 Å². The summed E-state index contributed by atoms with van der Waals surface area (Å²) in [4.78, 5) is 0. The molecule has 0 saturated heterocycles. The first-order valence-electron chi connectivity index (χ1n) is 5.15. The van der Waals surface area contributed by atoms with E-state index in [4.69, 9.17) is 11.6 Å². The van der Waals surface area contributed by atoms with Crippen LogP contribution in [-0.4, -0.2) is 37.7 Å². The van der Waals surface area contributed by atoms with E-state index in [1.165, 1.54) is 17.8 Å². The van der Waals surface area contributed by atoms with E-state index in [9.17, 15) is 13.5 Å². The van der Waals surface area contributed by atoms with E-state index < -0.39 is 15.6 Å². The molecule has 2 N–H and O–H groups in total. The highest BCUT2D eigenvalue weighted by molar-refractivity contribution is 7.98. The van der Waals surface area contributed by atoms with Gasteiger partial charge in [-0.3, -0.25) is 0 Å². The van der Waals surface area contributed by atoms with Crippen LogP contribution in [0.5, 0.6) is 0 Å². The maximum absolute atomic E-state index is 12.0. The predicted molar refractivity (Wildman–Crippen MR) is 78.3 cm³/mol. The first-order chi connectivity index (χ1) is 8.18. The molecule has 0 radical (unpaired) electrons. The minimum Gasteiger partial charge on any atom is -0.388 e. The first kappa shape index (κ1) is 16.3. The fourth-order valence-electron chi connectivity index (χ4n) is 1.25. The Morgan fingerprint density at radius 3 is 2.67 bits per heavy atom. The lowest BCUT2D eigenvalue weighted by molar-refractivity contribution is 0.0909. The molecule has 0 saturated carbocycles. The van der Waals surface area contributed by atoms with Crippen LogP contribution in [0.15, 0.2) is 10.3 Å². The number of aliphatic hydroxyl groups is 1. The molecular formula is C10H16ClNO3S3. The first-order valence-corrected chi connectivity index (χ1v) is 9.22. The maximum atomic E-state index is 12.0. The number of rotatable bonds is 6. The van der Waals surface area contributed by atoms with Gasteiger partial charge in [0.2, 0.25) is 10.0 Å². The van der Waals surface area contributed by atoms with Crippen molar-refractivity contribution >= 4 is 44.7 Å². The smallest absolute Gasteiger partial charge is 0.250 e. The second-order valence-corrected chi connectivity index (χ2v) is 8.79. The molecule has 18 heavy (non-hydrogen) atoms. The SMILES string of the molecule is CSCC(C)(O)CNS(=O)(=O)c1cc(C)c(Cl)s1. The molecule has 1 aromatic heterocycles. The van der Waals surface area contributed by atoms with Crippen LogP contribution in [0.25, 0.3) is 0 Å². The van der Waals surface area contributed by atoms with Gasteiger partial charge in [-0.05, 0) is 31.7 Å². The Kier molecular flexibility index (Phi) is 5.52. The van der Waals surface area contributed by atoms with Crippen LogP contribution in [0.3, 0.4) is 0 Å². The fourth-order valence-corrected chi connectivity index (χ4v) is 4.89. The van der Waals surface area contributed by atoms with Gasteiger partial charge in [-0.2, -0.15) is 11.8 Å². The Hall–Kier alpha value is 0.210. The molecule has 1 heterocycles. The minimum absolute atomic E-state index is 0.0231. The summed E-state index contributed by atoms with van der Waals surface area (Å²) in [6.45, 7) is 3.32. The van der Waals surface area contributed by atoms with Crippen molar-refractivity contribution in [3.05, 3.63) is 16.0 Å². The van der Waals surface area contributed by atoms with Crippen LogP contribution in [0, 0.1) is 6.92 Å². The van der Waals surface area contributed by atoms with Gasteiger partial charge in [0.25, 0.3) is 0 Å². The van der Waals surface area contributed by atoms with E-state index in [0.717, 1.165) is 16.9 Å². The van der Waals surface area contributed by atoms with Gasteiger partial charge in [0.05, 0.1) is 9.94 Å². The van der Waals surface area contributed by atoms with Crippen LogP contribution in [-0.2, 0) is 10.0 Å². The molecule has 8 heteroatoms. The quantitative estimate of drug-likeness (QED) is 0.838. The molecule has 1 atom stereocenters. The third-order valence-electron chi connectivity index (χ3n) is 2.20. The van der Waals surface area contributed by atoms with Gasteiger partial charge in [0.15, 0.2) is 0 Å². The molecule has 0 aliphatic carbocycles. The highest BCUT2D eigenvalue weighted by Gasteiger charge is 2.25. The molecule has 1 aromatic rings. The second kappa shape index (κ2) is 6.11. The van der Waals surface area contributed by atoms with Crippen LogP contribution >= 0.6 is 34.7 Å². The van der Waals surface area contributed by atoms with Crippen LogP contribution in [0.2, 0.25) is 4.34 Å². The molecule has 104 valence electrons. The van der Waals surface area contributed by atoms with Gasteiger partial charge < -0.3 is 5.11 Å². The van der Waals surface area contributed by atoms with Gasteiger partial charge in [-0.25, -0.2) is 13.1 Å². The molecule has 0 fully saturated rings. The van der Waals surface area contributed by atoms with Crippen LogP contribution in [0.1, 0.15) is 12.5 Å². The van der Waals surface area contributed by atoms with E-state index in [2.05, 4.69) is 4.72 Å². The number of sulfonamides is 1. The van der Waals surface area contributed by atoms with Crippen molar-refractivity contribution in [3.63, 3.8) is 0 Å². The predicted octanol–water partition coefficient (Wildman–Crippen LogP) is 2.10. The average Bonchev–Trinajstić information content (AvgIpc) is 2.58. The van der Waals surface area contributed by atoms with E-state index in [1.54, 1.807) is 13.8 Å². The van der Waals surface area contributed by atoms with Crippen molar-refractivity contribution in [1.82, 2.24) is 4.72 Å². The Morgan fingerprint density at radius 2 is 2.22 bits per heavy atom. The zero-order chi connectivity index (χ0) is 14.0. The summed E-state index contributed by atoms with van der Waals surface area (Å²) in [5.41, 5.74) is -0.333. The Bertz CT molecular complexity index is 491. The summed E-state index contributed by atoms with van der Waals surface area (Å²) < 4.78 is 27.0. The number of thioether (sulfide) groups is 1. The van der Waals surface area contributed by atoms with Crippen LogP contribution < -0.4 is 4.72 Å². The molecule has 0 spiro atoms. The Labute approximate surface area is 121 Å². The molecule has 0 bridgehead atoms. The maximum Gasteiger partial charge on any atom is 0.250 e. The van der Waals surface area contributed by atoms with E-state index >= 15 is 0 Å². The normalized spacial score (nSPS) is 15.6. The molecule has 1 rings (SSSR count). The van der Waals surface area contributed by atoms with Crippen LogP contribution in [0.4, 0.5) is 0 Å². The molecular weight excluding hydrogens is 314 g/mol. The van der Waals surface area contributed by atoms with Gasteiger partial charge >= 0.3 is 0 Å². The second-order valence-electron chi connectivity index (χ2n) is 4.28. The fraction of sp³-hybridized carbons (Fsp3) is 0.600. The number of hydrogen-bond acceptors (Lipinski definition) is 5. The van der Waals surface area contributed by atoms with Crippen molar-refractivity contribution in [2.24, 2.45) is 0 Å². The lowest BCUT2D eigenvalue weighted by Crippen LogP contribution is -2.42. The largest absolute Gasteiger partial charge is 0.388 e. The molecule has 0 aliphatic heterocycles.